The van der Waals surface area contributed by atoms with Crippen molar-refractivity contribution in [1.29, 1.82) is 0 Å². The van der Waals surface area contributed by atoms with Crippen LogP contribution in [0.15, 0.2) is 12.7 Å². The molecule has 0 N–H and O–H groups in total. The van der Waals surface area contributed by atoms with Crippen LogP contribution in [0, 0.1) is 0 Å². The van der Waals surface area contributed by atoms with Gasteiger partial charge in [-0.05, 0) is 40.2 Å². The highest BCUT2D eigenvalue weighted by Gasteiger charge is 2.16. The lowest BCUT2D eigenvalue weighted by Gasteiger charge is -2.21. The van der Waals surface area contributed by atoms with Gasteiger partial charge >= 0.3 is 15.3 Å². The number of carbonyl (C=O) groups excluding carboxylic acids is 1. The van der Waals surface area contributed by atoms with Gasteiger partial charge in [0.05, 0.1) is 6.61 Å². The van der Waals surface area contributed by atoms with E-state index >= 15 is 0 Å². The molecule has 0 saturated carbocycles. The van der Waals surface area contributed by atoms with E-state index in [-0.39, 0.29) is 18.2 Å². The summed E-state index contributed by atoms with van der Waals surface area (Å²) in [5.74, 6) is -0.377. The van der Waals surface area contributed by atoms with Crippen LogP contribution in [0.5, 0.6) is 0 Å². The smallest absolute Gasteiger partial charge is 0.330 e. The van der Waals surface area contributed by atoms with Crippen molar-refractivity contribution in [2.45, 2.75) is 52.4 Å². The van der Waals surface area contributed by atoms with Crippen LogP contribution in [0.2, 0.25) is 6.04 Å². The predicted molar refractivity (Wildman–Crippen MR) is 70.2 cm³/mol. The van der Waals surface area contributed by atoms with E-state index in [9.17, 15) is 4.79 Å². The zero-order chi connectivity index (χ0) is 13.3. The summed E-state index contributed by atoms with van der Waals surface area (Å²) >= 11 is 0. The minimum absolute atomic E-state index is 0.182. The molecule has 0 radical (unpaired) electrons. The lowest BCUT2D eigenvalue weighted by atomic mass is 10.5. The zero-order valence-corrected chi connectivity index (χ0v) is 12.4. The molecule has 0 amide bonds. The third kappa shape index (κ3) is 10.2. The van der Waals surface area contributed by atoms with Gasteiger partial charge in [0.25, 0.3) is 0 Å². The first kappa shape index (κ1) is 16.3. The van der Waals surface area contributed by atoms with Gasteiger partial charge in [-0.3, -0.25) is 0 Å². The van der Waals surface area contributed by atoms with Crippen LogP contribution in [0.3, 0.4) is 0 Å². The average Bonchev–Trinajstić information content (AvgIpc) is 2.22. The minimum Gasteiger partial charge on any atom is -0.463 e. The quantitative estimate of drug-likeness (QED) is 0.276. The van der Waals surface area contributed by atoms with E-state index in [1.165, 1.54) is 6.08 Å². The molecule has 0 aliphatic carbocycles. The molecular weight excluding hydrogens is 236 g/mol. The molecule has 0 aromatic rings. The Morgan fingerprint density at radius 3 is 2.18 bits per heavy atom. The molecule has 0 unspecified atom stereocenters. The Kier molecular flexibility index (Phi) is 9.02. The Hall–Kier alpha value is -0.653. The first-order valence-corrected chi connectivity index (χ1v) is 7.81. The van der Waals surface area contributed by atoms with Gasteiger partial charge in [0.2, 0.25) is 0 Å². The number of esters is 1. The number of rotatable bonds is 9. The van der Waals surface area contributed by atoms with E-state index in [2.05, 4.69) is 6.58 Å². The molecule has 0 rings (SSSR count). The standard InChI is InChI=1S/C12H24O4Si/c1-6-12(13)14-8-7-9-17(15-10(2)3)16-11(4)5/h6,10-11,17H,1,7-9H2,2-5H3. The molecule has 0 aromatic carbocycles. The van der Waals surface area contributed by atoms with E-state index in [1.807, 2.05) is 27.7 Å². The van der Waals surface area contributed by atoms with E-state index in [0.29, 0.717) is 6.61 Å². The summed E-state index contributed by atoms with van der Waals surface area (Å²) in [4.78, 5) is 10.8. The summed E-state index contributed by atoms with van der Waals surface area (Å²) in [5.41, 5.74) is 0. The van der Waals surface area contributed by atoms with E-state index < -0.39 is 9.28 Å². The predicted octanol–water partition coefficient (Wildman–Crippen LogP) is 2.18. The lowest BCUT2D eigenvalue weighted by Crippen LogP contribution is -2.29. The summed E-state index contributed by atoms with van der Waals surface area (Å²) in [6, 6.07) is 0.848. The number of carbonyl (C=O) groups is 1. The van der Waals surface area contributed by atoms with Gasteiger partial charge in [-0.25, -0.2) is 4.79 Å². The van der Waals surface area contributed by atoms with Gasteiger partial charge in [-0.1, -0.05) is 6.58 Å². The van der Waals surface area contributed by atoms with Crippen LogP contribution in [0.25, 0.3) is 0 Å². The van der Waals surface area contributed by atoms with Crippen LogP contribution in [0.4, 0.5) is 0 Å². The van der Waals surface area contributed by atoms with Crippen LogP contribution >= 0.6 is 0 Å². The van der Waals surface area contributed by atoms with E-state index in [1.54, 1.807) is 0 Å². The maximum absolute atomic E-state index is 10.8. The van der Waals surface area contributed by atoms with Crippen molar-refractivity contribution in [1.82, 2.24) is 0 Å². The van der Waals surface area contributed by atoms with Crippen molar-refractivity contribution in [2.24, 2.45) is 0 Å². The number of ether oxygens (including phenoxy) is 1. The molecule has 100 valence electrons. The van der Waals surface area contributed by atoms with Gasteiger partial charge in [0, 0.05) is 18.3 Å². The van der Waals surface area contributed by atoms with Crippen molar-refractivity contribution in [3.8, 4) is 0 Å². The van der Waals surface area contributed by atoms with Crippen LogP contribution in [0.1, 0.15) is 34.1 Å². The van der Waals surface area contributed by atoms with Gasteiger partial charge in [-0.2, -0.15) is 0 Å². The molecule has 4 nitrogen and oxygen atoms in total. The van der Waals surface area contributed by atoms with Crippen molar-refractivity contribution in [2.75, 3.05) is 6.61 Å². The molecule has 0 aliphatic heterocycles. The maximum atomic E-state index is 10.8. The van der Waals surface area contributed by atoms with Crippen LogP contribution < -0.4 is 0 Å². The Balaban J connectivity index is 3.82. The molecule has 5 heteroatoms. The molecule has 0 atom stereocenters. The fourth-order valence-corrected chi connectivity index (χ4v) is 3.31. The number of hydrogen-bond donors (Lipinski definition) is 0. The monoisotopic (exact) mass is 260 g/mol. The van der Waals surface area contributed by atoms with Crippen LogP contribution in [-0.2, 0) is 18.4 Å². The summed E-state index contributed by atoms with van der Waals surface area (Å²) in [5, 5.41) is 0. The van der Waals surface area contributed by atoms with Crippen molar-refractivity contribution in [3.05, 3.63) is 12.7 Å². The summed E-state index contributed by atoms with van der Waals surface area (Å²) in [7, 11) is -1.64. The van der Waals surface area contributed by atoms with Crippen molar-refractivity contribution >= 4 is 15.3 Å². The van der Waals surface area contributed by atoms with Gasteiger partial charge < -0.3 is 13.6 Å². The first-order chi connectivity index (χ1) is 7.95. The largest absolute Gasteiger partial charge is 0.463 e. The number of hydrogen-bond acceptors (Lipinski definition) is 4. The first-order valence-electron chi connectivity index (χ1n) is 6.05. The Morgan fingerprint density at radius 1 is 1.24 bits per heavy atom. The average molecular weight is 260 g/mol. The molecule has 0 saturated heterocycles. The van der Waals surface area contributed by atoms with E-state index in [4.69, 9.17) is 13.6 Å². The second-order valence-corrected chi connectivity index (χ2v) is 6.29. The molecule has 0 aromatic heterocycles. The second kappa shape index (κ2) is 9.38. The Bertz CT molecular complexity index is 219. The third-order valence-corrected chi connectivity index (χ3v) is 4.42. The molecule has 17 heavy (non-hydrogen) atoms. The minimum atomic E-state index is -1.64. The Morgan fingerprint density at radius 2 is 1.76 bits per heavy atom. The Labute approximate surface area is 106 Å². The second-order valence-electron chi connectivity index (χ2n) is 4.31. The molecule has 0 heterocycles. The van der Waals surface area contributed by atoms with E-state index in [0.717, 1.165) is 12.5 Å². The highest BCUT2D eigenvalue weighted by atomic mass is 28.3. The van der Waals surface area contributed by atoms with Crippen LogP contribution in [-0.4, -0.2) is 34.1 Å². The topological polar surface area (TPSA) is 44.8 Å². The normalized spacial score (nSPS) is 11.2. The molecule has 0 bridgehead atoms. The highest BCUT2D eigenvalue weighted by molar-refractivity contribution is 6.44. The molecular formula is C12H24O4Si. The summed E-state index contributed by atoms with van der Waals surface area (Å²) < 4.78 is 16.4. The van der Waals surface area contributed by atoms with Crippen molar-refractivity contribution in [3.63, 3.8) is 0 Å². The summed E-state index contributed by atoms with van der Waals surface area (Å²) in [6.45, 7) is 11.7. The SMILES string of the molecule is C=CC(=O)OCCC[SiH](OC(C)C)OC(C)C. The third-order valence-electron chi connectivity index (χ3n) is 1.84. The fraction of sp³-hybridized carbons (Fsp3) is 0.750. The maximum Gasteiger partial charge on any atom is 0.330 e. The van der Waals surface area contributed by atoms with Crippen molar-refractivity contribution < 1.29 is 18.4 Å². The molecule has 0 fully saturated rings. The van der Waals surface area contributed by atoms with Gasteiger partial charge in [0.1, 0.15) is 0 Å². The lowest BCUT2D eigenvalue weighted by molar-refractivity contribution is -0.137. The van der Waals surface area contributed by atoms with Gasteiger partial charge in [-0.15, -0.1) is 0 Å². The molecule has 0 aliphatic rings. The molecule has 0 spiro atoms. The fourth-order valence-electron chi connectivity index (χ4n) is 1.26. The zero-order valence-electron chi connectivity index (χ0n) is 11.3. The summed E-state index contributed by atoms with van der Waals surface area (Å²) in [6.07, 6.45) is 2.31. The van der Waals surface area contributed by atoms with Gasteiger partial charge in [0.15, 0.2) is 0 Å². The highest BCUT2D eigenvalue weighted by Crippen LogP contribution is 2.07.